The number of nitrogens with one attached hydrogen (secondary N) is 2. The van der Waals surface area contributed by atoms with Gasteiger partial charge in [-0.05, 0) is 56.1 Å². The molecule has 0 radical (unpaired) electrons. The number of carbonyl (C=O) groups excluding carboxylic acids is 1. The predicted octanol–water partition coefficient (Wildman–Crippen LogP) is 3.48. The summed E-state index contributed by atoms with van der Waals surface area (Å²) in [4.78, 5) is 16.2. The van der Waals surface area contributed by atoms with E-state index >= 15 is 0 Å². The van der Waals surface area contributed by atoms with Crippen LogP contribution in [0, 0.1) is 18.8 Å². The minimum absolute atomic E-state index is 0.122. The Morgan fingerprint density at radius 1 is 1.20 bits per heavy atom. The van der Waals surface area contributed by atoms with Crippen LogP contribution in [0.15, 0.2) is 18.3 Å². The lowest BCUT2D eigenvalue weighted by atomic mass is 9.83. The summed E-state index contributed by atoms with van der Waals surface area (Å²) in [6.07, 6.45) is 9.42. The zero-order valence-electron chi connectivity index (χ0n) is 12.1. The summed E-state index contributed by atoms with van der Waals surface area (Å²) < 4.78 is 0. The average molecular weight is 273 g/mol. The zero-order valence-corrected chi connectivity index (χ0v) is 12.1. The Labute approximate surface area is 120 Å². The van der Waals surface area contributed by atoms with E-state index in [0.717, 1.165) is 30.2 Å². The van der Waals surface area contributed by atoms with Gasteiger partial charge in [0.05, 0.1) is 0 Å². The first-order valence-corrected chi connectivity index (χ1v) is 7.71. The smallest absolute Gasteiger partial charge is 0.320 e. The summed E-state index contributed by atoms with van der Waals surface area (Å²) in [5, 5.41) is 5.92. The van der Waals surface area contributed by atoms with Crippen LogP contribution in [0.3, 0.4) is 0 Å². The van der Waals surface area contributed by atoms with Gasteiger partial charge in [0.25, 0.3) is 0 Å². The fourth-order valence-corrected chi connectivity index (χ4v) is 3.23. The molecule has 2 atom stereocenters. The van der Waals surface area contributed by atoms with E-state index in [4.69, 9.17) is 0 Å². The first kappa shape index (κ1) is 13.4. The molecule has 2 amide bonds. The minimum atomic E-state index is -0.122. The van der Waals surface area contributed by atoms with E-state index in [1.807, 2.05) is 19.1 Å². The summed E-state index contributed by atoms with van der Waals surface area (Å²) in [7, 11) is 0. The van der Waals surface area contributed by atoms with Crippen LogP contribution in [-0.2, 0) is 0 Å². The number of hydrogen-bond donors (Lipinski definition) is 2. The number of pyridine rings is 1. The quantitative estimate of drug-likeness (QED) is 0.886. The molecule has 2 saturated carbocycles. The molecule has 0 aliphatic heterocycles. The number of carbonyl (C=O) groups is 1. The summed E-state index contributed by atoms with van der Waals surface area (Å²) >= 11 is 0. The van der Waals surface area contributed by atoms with Gasteiger partial charge < -0.3 is 5.32 Å². The van der Waals surface area contributed by atoms with Crippen LogP contribution in [-0.4, -0.2) is 17.1 Å². The fraction of sp³-hybridized carbons (Fsp3) is 0.625. The van der Waals surface area contributed by atoms with Gasteiger partial charge in [-0.1, -0.05) is 18.9 Å². The molecule has 2 N–H and O–H groups in total. The van der Waals surface area contributed by atoms with Gasteiger partial charge in [-0.2, -0.15) is 0 Å². The number of nitrogens with zero attached hydrogens (tertiary/aromatic N) is 1. The van der Waals surface area contributed by atoms with Gasteiger partial charge in [0.2, 0.25) is 0 Å². The number of aryl methyl sites for hydroxylation is 1. The van der Waals surface area contributed by atoms with Crippen molar-refractivity contribution in [1.29, 1.82) is 0 Å². The summed E-state index contributed by atoms with van der Waals surface area (Å²) in [6, 6.07) is 4.00. The van der Waals surface area contributed by atoms with Crippen molar-refractivity contribution in [3.63, 3.8) is 0 Å². The van der Waals surface area contributed by atoms with Crippen molar-refractivity contribution in [1.82, 2.24) is 10.3 Å². The molecule has 20 heavy (non-hydrogen) atoms. The highest BCUT2D eigenvalue weighted by molar-refractivity contribution is 5.88. The van der Waals surface area contributed by atoms with Gasteiger partial charge in [0, 0.05) is 12.2 Å². The van der Waals surface area contributed by atoms with E-state index in [1.165, 1.54) is 25.7 Å². The topological polar surface area (TPSA) is 54.0 Å². The van der Waals surface area contributed by atoms with Crippen molar-refractivity contribution >= 4 is 11.8 Å². The molecule has 0 saturated heterocycles. The van der Waals surface area contributed by atoms with Gasteiger partial charge in [-0.3, -0.25) is 5.32 Å². The third-order valence-corrected chi connectivity index (χ3v) is 4.49. The van der Waals surface area contributed by atoms with Gasteiger partial charge in [0.15, 0.2) is 0 Å². The zero-order chi connectivity index (χ0) is 13.9. The van der Waals surface area contributed by atoms with E-state index < -0.39 is 0 Å². The van der Waals surface area contributed by atoms with Crippen LogP contribution < -0.4 is 10.6 Å². The molecule has 0 aromatic carbocycles. The van der Waals surface area contributed by atoms with Gasteiger partial charge in [-0.15, -0.1) is 0 Å². The number of rotatable bonds is 3. The normalized spacial score (nSPS) is 26.1. The Morgan fingerprint density at radius 3 is 2.75 bits per heavy atom. The lowest BCUT2D eigenvalue weighted by Gasteiger charge is -2.29. The monoisotopic (exact) mass is 273 g/mol. The molecule has 0 bridgehead atoms. The lowest BCUT2D eigenvalue weighted by Crippen LogP contribution is -2.41. The molecule has 4 nitrogen and oxygen atoms in total. The van der Waals surface area contributed by atoms with Crippen LogP contribution >= 0.6 is 0 Å². The number of hydrogen-bond acceptors (Lipinski definition) is 2. The van der Waals surface area contributed by atoms with Crippen molar-refractivity contribution in [3.8, 4) is 0 Å². The molecule has 0 unspecified atom stereocenters. The number of amides is 2. The van der Waals surface area contributed by atoms with Crippen LogP contribution in [0.2, 0.25) is 0 Å². The predicted molar refractivity (Wildman–Crippen MR) is 79.6 cm³/mol. The highest BCUT2D eigenvalue weighted by Gasteiger charge is 2.34. The first-order valence-electron chi connectivity index (χ1n) is 7.71. The molecular formula is C16H23N3O. The van der Waals surface area contributed by atoms with Crippen LogP contribution in [0.5, 0.6) is 0 Å². The van der Waals surface area contributed by atoms with Gasteiger partial charge in [-0.25, -0.2) is 9.78 Å². The molecule has 2 fully saturated rings. The summed E-state index contributed by atoms with van der Waals surface area (Å²) in [6.45, 7) is 1.98. The molecule has 3 rings (SSSR count). The standard InChI is InChI=1S/C16H23N3O/c1-11-5-8-15(17-10-11)19-16(20)18-14-4-2-3-13(9-14)12-6-7-12/h5,8,10,12-14H,2-4,6-7,9H2,1H3,(H2,17,18,19,20)/t13-,14+/m0/s1. The van der Waals surface area contributed by atoms with Crippen molar-refractivity contribution in [2.75, 3.05) is 5.32 Å². The maximum atomic E-state index is 12.0. The van der Waals surface area contributed by atoms with E-state index in [-0.39, 0.29) is 6.03 Å². The Hall–Kier alpha value is -1.58. The third-order valence-electron chi connectivity index (χ3n) is 4.49. The molecular weight excluding hydrogens is 250 g/mol. The Morgan fingerprint density at radius 2 is 2.05 bits per heavy atom. The highest BCUT2D eigenvalue weighted by Crippen LogP contribution is 2.43. The second-order valence-corrected chi connectivity index (χ2v) is 6.28. The number of urea groups is 1. The van der Waals surface area contributed by atoms with E-state index in [0.29, 0.717) is 11.9 Å². The number of anilines is 1. The minimum Gasteiger partial charge on any atom is -0.335 e. The molecule has 1 aromatic heterocycles. The van der Waals surface area contributed by atoms with Gasteiger partial charge in [0.1, 0.15) is 5.82 Å². The number of aromatic nitrogens is 1. The van der Waals surface area contributed by atoms with Gasteiger partial charge >= 0.3 is 6.03 Å². The Kier molecular flexibility index (Phi) is 3.90. The Balaban J connectivity index is 1.49. The molecule has 2 aliphatic carbocycles. The second kappa shape index (κ2) is 5.81. The largest absolute Gasteiger partial charge is 0.335 e. The van der Waals surface area contributed by atoms with Crippen molar-refractivity contribution in [2.24, 2.45) is 11.8 Å². The average Bonchev–Trinajstić information content (AvgIpc) is 3.26. The first-order chi connectivity index (χ1) is 9.70. The summed E-state index contributed by atoms with van der Waals surface area (Å²) in [5.74, 6) is 2.40. The van der Waals surface area contributed by atoms with Crippen LogP contribution in [0.25, 0.3) is 0 Å². The highest BCUT2D eigenvalue weighted by atomic mass is 16.2. The lowest BCUT2D eigenvalue weighted by molar-refractivity contribution is 0.230. The van der Waals surface area contributed by atoms with Crippen molar-refractivity contribution in [3.05, 3.63) is 23.9 Å². The molecule has 1 heterocycles. The van der Waals surface area contributed by atoms with Crippen LogP contribution in [0.1, 0.15) is 44.1 Å². The van der Waals surface area contributed by atoms with E-state index in [9.17, 15) is 4.79 Å². The third kappa shape index (κ3) is 3.50. The maximum absolute atomic E-state index is 12.0. The second-order valence-electron chi connectivity index (χ2n) is 6.28. The van der Waals surface area contributed by atoms with Crippen LogP contribution in [0.4, 0.5) is 10.6 Å². The molecule has 0 spiro atoms. The molecule has 4 heteroatoms. The van der Waals surface area contributed by atoms with Crippen molar-refractivity contribution in [2.45, 2.75) is 51.5 Å². The van der Waals surface area contributed by atoms with Crippen molar-refractivity contribution < 1.29 is 4.79 Å². The molecule has 108 valence electrons. The fourth-order valence-electron chi connectivity index (χ4n) is 3.23. The molecule has 2 aliphatic rings. The van der Waals surface area contributed by atoms with E-state index in [1.54, 1.807) is 6.20 Å². The maximum Gasteiger partial charge on any atom is 0.320 e. The van der Waals surface area contributed by atoms with E-state index in [2.05, 4.69) is 15.6 Å². The molecule has 1 aromatic rings. The summed E-state index contributed by atoms with van der Waals surface area (Å²) in [5.41, 5.74) is 1.09. The Bertz CT molecular complexity index is 467. The SMILES string of the molecule is Cc1ccc(NC(=O)N[C@@H]2CCC[C@H](C3CC3)C2)nc1.